The van der Waals surface area contributed by atoms with Gasteiger partial charge in [-0.15, -0.1) is 0 Å². The maximum Gasteiger partial charge on any atom is 0.215 e. The molecule has 0 heterocycles. The third kappa shape index (κ3) is 4.24. The summed E-state index contributed by atoms with van der Waals surface area (Å²) < 4.78 is 53.0. The van der Waals surface area contributed by atoms with Gasteiger partial charge in [-0.05, 0) is 18.9 Å². The van der Waals surface area contributed by atoms with Crippen molar-refractivity contribution in [3.8, 4) is 0 Å². The van der Waals surface area contributed by atoms with Gasteiger partial charge in [0, 0.05) is 23.6 Å². The van der Waals surface area contributed by atoms with Crippen LogP contribution in [0.4, 0.5) is 8.78 Å². The van der Waals surface area contributed by atoms with Gasteiger partial charge >= 0.3 is 0 Å². The van der Waals surface area contributed by atoms with E-state index in [0.717, 1.165) is 31.4 Å². The van der Waals surface area contributed by atoms with Crippen LogP contribution in [0.1, 0.15) is 38.2 Å². The molecule has 2 rings (SSSR count). The van der Waals surface area contributed by atoms with Crippen LogP contribution in [0, 0.1) is 17.0 Å². The van der Waals surface area contributed by atoms with E-state index in [4.69, 9.17) is 0 Å². The van der Waals surface area contributed by atoms with E-state index in [1.807, 2.05) is 6.92 Å². The Kier molecular flexibility index (Phi) is 5.19. The summed E-state index contributed by atoms with van der Waals surface area (Å²) in [5.74, 6) is -2.18. The molecule has 22 heavy (non-hydrogen) atoms. The van der Waals surface area contributed by atoms with E-state index in [0.29, 0.717) is 12.5 Å². The van der Waals surface area contributed by atoms with Crippen molar-refractivity contribution in [1.29, 1.82) is 0 Å². The van der Waals surface area contributed by atoms with E-state index in [1.54, 1.807) is 0 Å². The lowest BCUT2D eigenvalue weighted by Crippen LogP contribution is -2.45. The van der Waals surface area contributed by atoms with Crippen LogP contribution in [-0.4, -0.2) is 26.2 Å². The van der Waals surface area contributed by atoms with Gasteiger partial charge in [0.15, 0.2) is 0 Å². The molecule has 0 amide bonds. The molecule has 2 atom stereocenters. The Balaban J connectivity index is 2.02. The summed E-state index contributed by atoms with van der Waals surface area (Å²) >= 11 is 0. The van der Waals surface area contributed by atoms with Crippen molar-refractivity contribution < 1.29 is 22.3 Å². The molecule has 0 aromatic heterocycles. The van der Waals surface area contributed by atoms with Crippen LogP contribution < -0.4 is 4.72 Å². The normalized spacial score (nSPS) is 26.1. The minimum absolute atomic E-state index is 0.0803. The molecular weight excluding hydrogens is 312 g/mol. The third-order valence-electron chi connectivity index (χ3n) is 4.34. The molecule has 2 N–H and O–H groups in total. The molecular formula is C15H21F2NO3S. The average molecular weight is 333 g/mol. The maximum absolute atomic E-state index is 13.5. The Morgan fingerprint density at radius 2 is 2.09 bits per heavy atom. The summed E-state index contributed by atoms with van der Waals surface area (Å²) in [5.41, 5.74) is -0.588. The molecule has 7 heteroatoms. The number of hydrogen-bond acceptors (Lipinski definition) is 3. The molecule has 1 aromatic carbocycles. The highest BCUT2D eigenvalue weighted by molar-refractivity contribution is 7.88. The van der Waals surface area contributed by atoms with Gasteiger partial charge in [0.05, 0.1) is 11.9 Å². The molecule has 0 radical (unpaired) electrons. The van der Waals surface area contributed by atoms with Gasteiger partial charge in [0.1, 0.15) is 11.6 Å². The van der Waals surface area contributed by atoms with Crippen molar-refractivity contribution in [3.05, 3.63) is 35.4 Å². The zero-order valence-corrected chi connectivity index (χ0v) is 13.3. The van der Waals surface area contributed by atoms with Crippen LogP contribution in [0.3, 0.4) is 0 Å². The number of aliphatic hydroxyl groups excluding tert-OH is 1. The van der Waals surface area contributed by atoms with E-state index in [1.165, 1.54) is 0 Å². The minimum Gasteiger partial charge on any atom is -0.393 e. The fourth-order valence-corrected chi connectivity index (χ4v) is 4.05. The summed E-state index contributed by atoms with van der Waals surface area (Å²) in [7, 11) is -3.75. The summed E-state index contributed by atoms with van der Waals surface area (Å²) in [6, 6.07) is 2.82. The van der Waals surface area contributed by atoms with Gasteiger partial charge < -0.3 is 5.11 Å². The molecule has 0 bridgehead atoms. The van der Waals surface area contributed by atoms with Crippen LogP contribution in [0.5, 0.6) is 0 Å². The number of aliphatic hydroxyl groups is 1. The minimum atomic E-state index is -3.75. The molecule has 1 fully saturated rings. The fourth-order valence-electron chi connectivity index (χ4n) is 2.76. The average Bonchev–Trinajstić information content (AvgIpc) is 2.44. The Morgan fingerprint density at radius 1 is 1.36 bits per heavy atom. The fraction of sp³-hybridized carbons (Fsp3) is 0.600. The van der Waals surface area contributed by atoms with Crippen molar-refractivity contribution in [1.82, 2.24) is 4.72 Å². The van der Waals surface area contributed by atoms with Crippen LogP contribution in [0.15, 0.2) is 18.2 Å². The van der Waals surface area contributed by atoms with Gasteiger partial charge in [0.2, 0.25) is 10.0 Å². The lowest BCUT2D eigenvalue weighted by molar-refractivity contribution is 0.00462. The van der Waals surface area contributed by atoms with Gasteiger partial charge in [-0.1, -0.05) is 25.8 Å². The monoisotopic (exact) mass is 333 g/mol. The number of nitrogens with one attached hydrogen (secondary N) is 1. The van der Waals surface area contributed by atoms with Crippen LogP contribution in [-0.2, 0) is 15.8 Å². The van der Waals surface area contributed by atoms with Crippen LogP contribution in [0.25, 0.3) is 0 Å². The van der Waals surface area contributed by atoms with Crippen molar-refractivity contribution in [2.75, 3.05) is 6.54 Å². The van der Waals surface area contributed by atoms with Gasteiger partial charge in [-0.2, -0.15) is 0 Å². The highest BCUT2D eigenvalue weighted by Gasteiger charge is 2.36. The number of rotatable bonds is 5. The van der Waals surface area contributed by atoms with Crippen molar-refractivity contribution in [2.45, 2.75) is 44.5 Å². The van der Waals surface area contributed by atoms with Crippen LogP contribution in [0.2, 0.25) is 0 Å². The SMILES string of the molecule is CC1(CNS(=O)(=O)Cc2ccc(F)cc2F)CCCCC1O. The van der Waals surface area contributed by atoms with Gasteiger partial charge in [0.25, 0.3) is 0 Å². The lowest BCUT2D eigenvalue weighted by atomic mass is 9.73. The molecule has 0 aliphatic heterocycles. The van der Waals surface area contributed by atoms with Crippen LogP contribution >= 0.6 is 0 Å². The first kappa shape index (κ1) is 17.3. The summed E-state index contributed by atoms with van der Waals surface area (Å²) in [4.78, 5) is 0. The smallest absolute Gasteiger partial charge is 0.215 e. The first-order valence-electron chi connectivity index (χ1n) is 7.31. The van der Waals surface area contributed by atoms with Gasteiger partial charge in [-0.3, -0.25) is 0 Å². The molecule has 124 valence electrons. The first-order chi connectivity index (χ1) is 10.2. The van der Waals surface area contributed by atoms with Crippen molar-refractivity contribution >= 4 is 10.0 Å². The molecule has 0 saturated heterocycles. The molecule has 1 aliphatic carbocycles. The topological polar surface area (TPSA) is 66.4 Å². The predicted molar refractivity (Wildman–Crippen MR) is 79.6 cm³/mol. The zero-order chi connectivity index (χ0) is 16.4. The van der Waals surface area contributed by atoms with Crippen molar-refractivity contribution in [2.24, 2.45) is 5.41 Å². The number of sulfonamides is 1. The van der Waals surface area contributed by atoms with E-state index < -0.39 is 38.9 Å². The largest absolute Gasteiger partial charge is 0.393 e. The molecule has 1 aliphatic rings. The summed E-state index contributed by atoms with van der Waals surface area (Å²) in [5, 5.41) is 10.1. The Hall–Kier alpha value is -1.05. The van der Waals surface area contributed by atoms with E-state index in [9.17, 15) is 22.3 Å². The van der Waals surface area contributed by atoms with Gasteiger partial charge in [-0.25, -0.2) is 21.9 Å². The molecule has 1 saturated carbocycles. The molecule has 2 unspecified atom stereocenters. The number of halogens is 2. The Labute approximate surface area is 129 Å². The molecule has 0 spiro atoms. The predicted octanol–water partition coefficient (Wildman–Crippen LogP) is 2.33. The first-order valence-corrected chi connectivity index (χ1v) is 8.96. The summed E-state index contributed by atoms with van der Waals surface area (Å²) in [6.45, 7) is 1.96. The number of benzene rings is 1. The van der Waals surface area contributed by atoms with E-state index >= 15 is 0 Å². The highest BCUT2D eigenvalue weighted by atomic mass is 32.2. The quantitative estimate of drug-likeness (QED) is 0.869. The lowest BCUT2D eigenvalue weighted by Gasteiger charge is -2.38. The maximum atomic E-state index is 13.5. The standard InChI is InChI=1S/C15H21F2NO3S/c1-15(7-3-2-4-14(15)19)10-18-22(20,21)9-11-5-6-12(16)8-13(11)17/h5-6,8,14,18-19H,2-4,7,9-10H2,1H3. The van der Waals surface area contributed by atoms with Crippen molar-refractivity contribution in [3.63, 3.8) is 0 Å². The van der Waals surface area contributed by atoms with E-state index in [-0.39, 0.29) is 12.1 Å². The summed E-state index contributed by atoms with van der Waals surface area (Å²) in [6.07, 6.45) is 2.73. The highest BCUT2D eigenvalue weighted by Crippen LogP contribution is 2.35. The second kappa shape index (κ2) is 6.60. The zero-order valence-electron chi connectivity index (χ0n) is 12.5. The molecule has 1 aromatic rings. The second-order valence-electron chi connectivity index (χ2n) is 6.23. The number of hydrogen-bond donors (Lipinski definition) is 2. The third-order valence-corrected chi connectivity index (χ3v) is 5.61. The van der Waals surface area contributed by atoms with E-state index in [2.05, 4.69) is 4.72 Å². The molecule has 4 nitrogen and oxygen atoms in total. The Morgan fingerprint density at radius 3 is 2.73 bits per heavy atom. The Bertz CT molecular complexity index is 636. The second-order valence-corrected chi connectivity index (χ2v) is 8.04.